The molecule has 1 rings (SSSR count). The number of hydrogen-bond donors (Lipinski definition) is 1. The Hall–Kier alpha value is -0.120. The van der Waals surface area contributed by atoms with Crippen LogP contribution in [0.1, 0.15) is 46.0 Å². The van der Waals surface area contributed by atoms with Gasteiger partial charge in [-0.1, -0.05) is 13.3 Å². The van der Waals surface area contributed by atoms with E-state index in [0.29, 0.717) is 12.1 Å². The van der Waals surface area contributed by atoms with Gasteiger partial charge in [0.2, 0.25) is 0 Å². The zero-order valence-electron chi connectivity index (χ0n) is 11.0. The van der Waals surface area contributed by atoms with Crippen LogP contribution in [-0.2, 0) is 4.74 Å². The van der Waals surface area contributed by atoms with E-state index in [1.54, 1.807) is 0 Å². The Morgan fingerprint density at radius 1 is 1.25 bits per heavy atom. The highest BCUT2D eigenvalue weighted by molar-refractivity contribution is 4.74. The van der Waals surface area contributed by atoms with E-state index in [0.717, 1.165) is 19.4 Å². The molecule has 0 radical (unpaired) electrons. The van der Waals surface area contributed by atoms with Crippen molar-refractivity contribution in [3.8, 4) is 0 Å². The molecule has 1 unspecified atom stereocenters. The van der Waals surface area contributed by atoms with Crippen molar-refractivity contribution in [2.75, 3.05) is 26.2 Å². The molecular formula is C13H28N2O. The van der Waals surface area contributed by atoms with Crippen LogP contribution < -0.4 is 5.73 Å². The first-order valence-corrected chi connectivity index (χ1v) is 6.85. The lowest BCUT2D eigenvalue weighted by Gasteiger charge is -2.32. The van der Waals surface area contributed by atoms with Crippen molar-refractivity contribution in [3.63, 3.8) is 0 Å². The van der Waals surface area contributed by atoms with Gasteiger partial charge in [0.1, 0.15) is 0 Å². The first kappa shape index (κ1) is 13.9. The molecule has 1 aliphatic heterocycles. The molecule has 0 aromatic carbocycles. The van der Waals surface area contributed by atoms with Crippen LogP contribution in [0.4, 0.5) is 0 Å². The van der Waals surface area contributed by atoms with Crippen LogP contribution >= 0.6 is 0 Å². The number of ether oxygens (including phenoxy) is 1. The van der Waals surface area contributed by atoms with Gasteiger partial charge < -0.3 is 15.4 Å². The first-order valence-electron chi connectivity index (χ1n) is 6.85. The lowest BCUT2D eigenvalue weighted by molar-refractivity contribution is 0.0137. The fraction of sp³-hybridized carbons (Fsp3) is 1.00. The molecule has 0 aliphatic carbocycles. The van der Waals surface area contributed by atoms with E-state index in [1.165, 1.54) is 38.9 Å². The molecule has 0 amide bonds. The highest BCUT2D eigenvalue weighted by Crippen LogP contribution is 2.14. The molecule has 0 bridgehead atoms. The van der Waals surface area contributed by atoms with Crippen LogP contribution in [0.25, 0.3) is 0 Å². The summed E-state index contributed by atoms with van der Waals surface area (Å²) in [7, 11) is 0. The number of rotatable bonds is 7. The fourth-order valence-corrected chi connectivity index (χ4v) is 2.40. The van der Waals surface area contributed by atoms with Crippen LogP contribution in [0.15, 0.2) is 0 Å². The van der Waals surface area contributed by atoms with Gasteiger partial charge in [0, 0.05) is 25.7 Å². The van der Waals surface area contributed by atoms with Gasteiger partial charge in [0.15, 0.2) is 0 Å². The second-order valence-corrected chi connectivity index (χ2v) is 4.83. The molecule has 96 valence electrons. The molecule has 1 heterocycles. The number of nitrogens with two attached hydrogens (primary N) is 1. The maximum Gasteiger partial charge on any atom is 0.0599 e. The standard InChI is InChI=1S/C13H28N2O/c1-3-5-12(14)6-9-15-10-7-13(8-11-15)16-4-2/h12-13H,3-11,14H2,1-2H3. The van der Waals surface area contributed by atoms with Gasteiger partial charge in [-0.15, -0.1) is 0 Å². The van der Waals surface area contributed by atoms with Gasteiger partial charge in [0.25, 0.3) is 0 Å². The van der Waals surface area contributed by atoms with Crippen molar-refractivity contribution in [1.29, 1.82) is 0 Å². The van der Waals surface area contributed by atoms with Gasteiger partial charge in [-0.05, 0) is 39.2 Å². The maximum atomic E-state index is 6.03. The molecule has 3 nitrogen and oxygen atoms in total. The number of hydrogen-bond acceptors (Lipinski definition) is 3. The van der Waals surface area contributed by atoms with E-state index >= 15 is 0 Å². The van der Waals surface area contributed by atoms with Gasteiger partial charge in [-0.25, -0.2) is 0 Å². The third kappa shape index (κ3) is 5.28. The van der Waals surface area contributed by atoms with Crippen molar-refractivity contribution in [2.24, 2.45) is 5.73 Å². The normalized spacial score (nSPS) is 21.2. The summed E-state index contributed by atoms with van der Waals surface area (Å²) in [6, 6.07) is 0.398. The van der Waals surface area contributed by atoms with E-state index in [2.05, 4.69) is 18.7 Å². The van der Waals surface area contributed by atoms with E-state index in [1.807, 2.05) is 0 Å². The molecule has 3 heteroatoms. The van der Waals surface area contributed by atoms with Crippen LogP contribution in [0.2, 0.25) is 0 Å². The highest BCUT2D eigenvalue weighted by atomic mass is 16.5. The van der Waals surface area contributed by atoms with E-state index in [9.17, 15) is 0 Å². The van der Waals surface area contributed by atoms with E-state index < -0.39 is 0 Å². The summed E-state index contributed by atoms with van der Waals surface area (Å²) in [6.45, 7) is 8.67. The maximum absolute atomic E-state index is 6.03. The van der Waals surface area contributed by atoms with Crippen LogP contribution in [0, 0.1) is 0 Å². The monoisotopic (exact) mass is 228 g/mol. The van der Waals surface area contributed by atoms with Crippen LogP contribution in [0.5, 0.6) is 0 Å². The Kier molecular flexibility index (Phi) is 7.01. The summed E-state index contributed by atoms with van der Waals surface area (Å²) >= 11 is 0. The van der Waals surface area contributed by atoms with Crippen molar-refractivity contribution in [2.45, 2.75) is 58.1 Å². The summed E-state index contributed by atoms with van der Waals surface area (Å²) in [5, 5.41) is 0. The summed E-state index contributed by atoms with van der Waals surface area (Å²) in [6.07, 6.45) is 6.40. The minimum Gasteiger partial charge on any atom is -0.378 e. The van der Waals surface area contributed by atoms with Crippen LogP contribution in [-0.4, -0.2) is 43.3 Å². The highest BCUT2D eigenvalue weighted by Gasteiger charge is 2.19. The molecule has 0 aromatic heterocycles. The van der Waals surface area contributed by atoms with Gasteiger partial charge >= 0.3 is 0 Å². The largest absolute Gasteiger partial charge is 0.378 e. The van der Waals surface area contributed by atoms with E-state index in [4.69, 9.17) is 10.5 Å². The van der Waals surface area contributed by atoms with Crippen molar-refractivity contribution >= 4 is 0 Å². The first-order chi connectivity index (χ1) is 7.76. The Labute approximate surface area is 100 Å². The number of piperidine rings is 1. The van der Waals surface area contributed by atoms with Gasteiger partial charge in [-0.2, -0.15) is 0 Å². The van der Waals surface area contributed by atoms with Gasteiger partial charge in [-0.3, -0.25) is 0 Å². The second kappa shape index (κ2) is 8.04. The third-order valence-electron chi connectivity index (χ3n) is 3.41. The average molecular weight is 228 g/mol. The zero-order valence-corrected chi connectivity index (χ0v) is 11.0. The second-order valence-electron chi connectivity index (χ2n) is 4.83. The Bertz CT molecular complexity index is 167. The van der Waals surface area contributed by atoms with Crippen LogP contribution in [0.3, 0.4) is 0 Å². The van der Waals surface area contributed by atoms with Crippen molar-refractivity contribution < 1.29 is 4.74 Å². The summed E-state index contributed by atoms with van der Waals surface area (Å²) in [5.41, 5.74) is 6.03. The molecule has 0 aromatic rings. The third-order valence-corrected chi connectivity index (χ3v) is 3.41. The quantitative estimate of drug-likeness (QED) is 0.724. The molecule has 0 spiro atoms. The molecule has 0 saturated carbocycles. The summed E-state index contributed by atoms with van der Waals surface area (Å²) in [5.74, 6) is 0. The topological polar surface area (TPSA) is 38.5 Å². The predicted octanol–water partition coefficient (Wildman–Crippen LogP) is 2.00. The minimum absolute atomic E-state index is 0.398. The molecule has 2 N–H and O–H groups in total. The molecule has 1 aliphatic rings. The van der Waals surface area contributed by atoms with Gasteiger partial charge in [0.05, 0.1) is 6.10 Å². The molecular weight excluding hydrogens is 200 g/mol. The lowest BCUT2D eigenvalue weighted by atomic mass is 10.1. The van der Waals surface area contributed by atoms with Crippen molar-refractivity contribution in [1.82, 2.24) is 4.90 Å². The smallest absolute Gasteiger partial charge is 0.0599 e. The Morgan fingerprint density at radius 3 is 2.50 bits per heavy atom. The Balaban J connectivity index is 2.07. The SMILES string of the molecule is CCCC(N)CCN1CCC(OCC)CC1. The molecule has 1 fully saturated rings. The number of likely N-dealkylation sites (tertiary alicyclic amines) is 1. The molecule has 16 heavy (non-hydrogen) atoms. The lowest BCUT2D eigenvalue weighted by Crippen LogP contribution is -2.39. The van der Waals surface area contributed by atoms with E-state index in [-0.39, 0.29) is 0 Å². The molecule has 1 saturated heterocycles. The Morgan fingerprint density at radius 2 is 1.94 bits per heavy atom. The zero-order chi connectivity index (χ0) is 11.8. The molecule has 1 atom stereocenters. The summed E-state index contributed by atoms with van der Waals surface area (Å²) in [4.78, 5) is 2.53. The summed E-state index contributed by atoms with van der Waals surface area (Å²) < 4.78 is 5.64. The number of nitrogens with zero attached hydrogens (tertiary/aromatic N) is 1. The fourth-order valence-electron chi connectivity index (χ4n) is 2.40. The average Bonchev–Trinajstić information content (AvgIpc) is 2.29. The van der Waals surface area contributed by atoms with Crippen molar-refractivity contribution in [3.05, 3.63) is 0 Å². The predicted molar refractivity (Wildman–Crippen MR) is 68.6 cm³/mol. The minimum atomic E-state index is 0.398.